The lowest BCUT2D eigenvalue weighted by atomic mass is 9.97. The van der Waals surface area contributed by atoms with Crippen molar-refractivity contribution >= 4 is 38.5 Å². The van der Waals surface area contributed by atoms with Crippen molar-refractivity contribution < 1.29 is 0 Å². The molecular weight excluding hydrogens is 320 g/mol. The van der Waals surface area contributed by atoms with Crippen molar-refractivity contribution in [3.8, 4) is 0 Å². The summed E-state index contributed by atoms with van der Waals surface area (Å²) < 4.78 is 1.13. The Morgan fingerprint density at radius 3 is 2.58 bits per heavy atom. The van der Waals surface area contributed by atoms with Crippen molar-refractivity contribution in [1.82, 2.24) is 0 Å². The van der Waals surface area contributed by atoms with Gasteiger partial charge in [0.15, 0.2) is 5.17 Å². The highest BCUT2D eigenvalue weighted by Gasteiger charge is 2.26. The van der Waals surface area contributed by atoms with E-state index in [-0.39, 0.29) is 5.54 Å². The molecule has 1 aliphatic rings. The monoisotopic (exact) mass is 340 g/mol. The van der Waals surface area contributed by atoms with Crippen molar-refractivity contribution in [2.75, 3.05) is 11.1 Å². The highest BCUT2D eigenvalue weighted by Crippen LogP contribution is 2.32. The van der Waals surface area contributed by atoms with Gasteiger partial charge in [0.2, 0.25) is 0 Å². The van der Waals surface area contributed by atoms with Gasteiger partial charge >= 0.3 is 0 Å². The first-order chi connectivity index (χ1) is 8.93. The molecule has 0 spiro atoms. The quantitative estimate of drug-likeness (QED) is 0.805. The molecule has 0 amide bonds. The number of aliphatic imine (C=N–C) groups is 1. The molecule has 104 valence electrons. The second-order valence-corrected chi connectivity index (χ2v) is 7.40. The van der Waals surface area contributed by atoms with Crippen LogP contribution in [0.3, 0.4) is 0 Å². The number of aryl methyl sites for hydroxylation is 2. The number of hydrogen-bond donors (Lipinski definition) is 1. The molecule has 1 atom stereocenters. The van der Waals surface area contributed by atoms with Gasteiger partial charge in [0.25, 0.3) is 0 Å². The maximum Gasteiger partial charge on any atom is 0.161 e. The smallest absolute Gasteiger partial charge is 0.161 e. The molecule has 0 saturated heterocycles. The molecule has 0 aliphatic carbocycles. The van der Waals surface area contributed by atoms with Gasteiger partial charge in [-0.3, -0.25) is 4.99 Å². The molecule has 1 unspecified atom stereocenters. The highest BCUT2D eigenvalue weighted by molar-refractivity contribution is 9.10. The van der Waals surface area contributed by atoms with Crippen LogP contribution in [0.15, 0.2) is 21.6 Å². The zero-order valence-electron chi connectivity index (χ0n) is 12.0. The number of hydrogen-bond acceptors (Lipinski definition) is 3. The third-order valence-electron chi connectivity index (χ3n) is 3.74. The van der Waals surface area contributed by atoms with E-state index >= 15 is 0 Å². The van der Waals surface area contributed by atoms with Crippen molar-refractivity contribution in [2.24, 2.45) is 4.99 Å². The van der Waals surface area contributed by atoms with Gasteiger partial charge in [-0.2, -0.15) is 0 Å². The number of rotatable bonds is 2. The summed E-state index contributed by atoms with van der Waals surface area (Å²) in [5, 5.41) is 4.59. The summed E-state index contributed by atoms with van der Waals surface area (Å²) in [6.45, 7) is 8.73. The Kier molecular flexibility index (Phi) is 4.62. The summed E-state index contributed by atoms with van der Waals surface area (Å²) in [7, 11) is 0. The fourth-order valence-electron chi connectivity index (χ4n) is 2.24. The summed E-state index contributed by atoms with van der Waals surface area (Å²) in [5.41, 5.74) is 3.79. The molecule has 0 aromatic heterocycles. The number of nitrogens with one attached hydrogen (secondary N) is 1. The van der Waals surface area contributed by atoms with Crippen LogP contribution in [0.25, 0.3) is 0 Å². The van der Waals surface area contributed by atoms with E-state index in [4.69, 9.17) is 4.99 Å². The average molecular weight is 341 g/mol. The molecule has 19 heavy (non-hydrogen) atoms. The van der Waals surface area contributed by atoms with Gasteiger partial charge in [0, 0.05) is 15.9 Å². The van der Waals surface area contributed by atoms with Crippen LogP contribution in [0.1, 0.15) is 37.8 Å². The van der Waals surface area contributed by atoms with Crippen LogP contribution in [0.2, 0.25) is 0 Å². The van der Waals surface area contributed by atoms with Crippen molar-refractivity contribution in [2.45, 2.75) is 46.1 Å². The van der Waals surface area contributed by atoms with E-state index in [1.807, 2.05) is 11.8 Å². The van der Waals surface area contributed by atoms with E-state index in [1.165, 1.54) is 16.8 Å². The molecule has 0 saturated carbocycles. The average Bonchev–Trinajstić information content (AvgIpc) is 2.34. The molecule has 1 aromatic rings. The summed E-state index contributed by atoms with van der Waals surface area (Å²) in [4.78, 5) is 4.89. The number of thioether (sulfide) groups is 1. The Morgan fingerprint density at radius 2 is 2.00 bits per heavy atom. The zero-order valence-corrected chi connectivity index (χ0v) is 14.4. The Balaban J connectivity index is 2.27. The first-order valence-electron chi connectivity index (χ1n) is 6.70. The van der Waals surface area contributed by atoms with Crippen LogP contribution < -0.4 is 5.32 Å². The van der Waals surface area contributed by atoms with Crippen LogP contribution in [-0.2, 0) is 0 Å². The number of halogens is 1. The molecule has 2 nitrogen and oxygen atoms in total. The molecule has 1 N–H and O–H groups in total. The van der Waals surface area contributed by atoms with Crippen LogP contribution >= 0.6 is 27.7 Å². The predicted molar refractivity (Wildman–Crippen MR) is 90.4 cm³/mol. The van der Waals surface area contributed by atoms with Gasteiger partial charge in [-0.25, -0.2) is 0 Å². The van der Waals surface area contributed by atoms with E-state index < -0.39 is 0 Å². The van der Waals surface area contributed by atoms with E-state index in [0.29, 0.717) is 0 Å². The molecular formula is C15H21BrN2S. The van der Waals surface area contributed by atoms with E-state index in [9.17, 15) is 0 Å². The normalized spacial score (nSPS) is 23.1. The Bertz CT molecular complexity index is 490. The summed E-state index contributed by atoms with van der Waals surface area (Å²) in [6, 6.07) is 4.28. The third kappa shape index (κ3) is 3.54. The van der Waals surface area contributed by atoms with Gasteiger partial charge in [0.1, 0.15) is 0 Å². The molecule has 0 fully saturated rings. The SMILES string of the molecule is CCC1(C)CCSC(Nc2c(C)cc(Br)cc2C)=N1. The van der Waals surface area contributed by atoms with Gasteiger partial charge in [-0.15, -0.1) is 0 Å². The maximum atomic E-state index is 4.89. The first-order valence-corrected chi connectivity index (χ1v) is 8.48. The number of anilines is 1. The Morgan fingerprint density at radius 1 is 1.37 bits per heavy atom. The minimum absolute atomic E-state index is 0.102. The fraction of sp³-hybridized carbons (Fsp3) is 0.533. The number of benzene rings is 1. The highest BCUT2D eigenvalue weighted by atomic mass is 79.9. The largest absolute Gasteiger partial charge is 0.335 e. The molecule has 1 heterocycles. The van der Waals surface area contributed by atoms with E-state index in [1.54, 1.807) is 0 Å². The van der Waals surface area contributed by atoms with Crippen LogP contribution in [0, 0.1) is 13.8 Å². The van der Waals surface area contributed by atoms with Gasteiger partial charge in [-0.05, 0) is 56.9 Å². The predicted octanol–water partition coefficient (Wildman–Crippen LogP) is 5.14. The summed E-state index contributed by atoms with van der Waals surface area (Å²) in [6.07, 6.45) is 2.26. The standard InChI is InChI=1S/C15H21BrN2S/c1-5-15(4)6-7-19-14(18-15)17-13-10(2)8-12(16)9-11(13)3/h8-9H,5-7H2,1-4H3,(H,17,18). The Hall–Kier alpha value is -0.480. The lowest BCUT2D eigenvalue weighted by Gasteiger charge is -2.29. The molecule has 0 radical (unpaired) electrons. The zero-order chi connectivity index (χ0) is 14.0. The second-order valence-electron chi connectivity index (χ2n) is 5.41. The van der Waals surface area contributed by atoms with E-state index in [0.717, 1.165) is 28.2 Å². The number of amidine groups is 1. The lowest BCUT2D eigenvalue weighted by Crippen LogP contribution is -2.30. The molecule has 1 aromatic carbocycles. The molecule has 4 heteroatoms. The summed E-state index contributed by atoms with van der Waals surface area (Å²) in [5.74, 6) is 1.14. The van der Waals surface area contributed by atoms with Crippen LogP contribution in [0.4, 0.5) is 5.69 Å². The Labute approximate surface area is 128 Å². The third-order valence-corrected chi connectivity index (χ3v) is 5.07. The second kappa shape index (κ2) is 5.88. The van der Waals surface area contributed by atoms with Crippen molar-refractivity contribution in [3.05, 3.63) is 27.7 Å². The van der Waals surface area contributed by atoms with Gasteiger partial charge in [-0.1, -0.05) is 34.6 Å². The topological polar surface area (TPSA) is 24.4 Å². The molecule has 2 rings (SSSR count). The maximum absolute atomic E-state index is 4.89. The minimum Gasteiger partial charge on any atom is -0.335 e. The lowest BCUT2D eigenvalue weighted by molar-refractivity contribution is 0.443. The fourth-order valence-corrected chi connectivity index (χ4v) is 4.12. The minimum atomic E-state index is 0.102. The van der Waals surface area contributed by atoms with E-state index in [2.05, 4.69) is 61.1 Å². The van der Waals surface area contributed by atoms with Gasteiger partial charge in [0.05, 0.1) is 5.54 Å². The van der Waals surface area contributed by atoms with Crippen LogP contribution in [-0.4, -0.2) is 16.5 Å². The van der Waals surface area contributed by atoms with Crippen LogP contribution in [0.5, 0.6) is 0 Å². The number of nitrogens with zero attached hydrogens (tertiary/aromatic N) is 1. The van der Waals surface area contributed by atoms with Crippen molar-refractivity contribution in [3.63, 3.8) is 0 Å². The van der Waals surface area contributed by atoms with Gasteiger partial charge < -0.3 is 5.32 Å². The molecule has 1 aliphatic heterocycles. The summed E-state index contributed by atoms with van der Waals surface area (Å²) >= 11 is 5.36. The molecule has 0 bridgehead atoms. The van der Waals surface area contributed by atoms with Crippen molar-refractivity contribution in [1.29, 1.82) is 0 Å². The first kappa shape index (κ1) is 14.9.